The second kappa shape index (κ2) is 6.71. The molecule has 1 atom stereocenters. The van der Waals surface area contributed by atoms with Crippen LogP contribution in [-0.2, 0) is 14.8 Å². The van der Waals surface area contributed by atoms with E-state index in [1.165, 1.54) is 0 Å². The summed E-state index contributed by atoms with van der Waals surface area (Å²) in [4.78, 5) is 22.5. The number of nitrogens with one attached hydrogen (secondary N) is 3. The van der Waals surface area contributed by atoms with Crippen molar-refractivity contribution in [1.82, 2.24) is 15.4 Å². The SMILES string of the molecule is CC(C)(C)[C@@H](NC(=O)NCCNS(C)(=O)=O)C(=O)O. The van der Waals surface area contributed by atoms with Gasteiger partial charge in [0.2, 0.25) is 10.0 Å². The lowest BCUT2D eigenvalue weighted by Crippen LogP contribution is -2.53. The number of hydrogen-bond acceptors (Lipinski definition) is 4. The summed E-state index contributed by atoms with van der Waals surface area (Å²) in [5.74, 6) is -1.13. The molecule has 8 nitrogen and oxygen atoms in total. The molecule has 4 N–H and O–H groups in total. The lowest BCUT2D eigenvalue weighted by molar-refractivity contribution is -0.141. The smallest absolute Gasteiger partial charge is 0.326 e. The van der Waals surface area contributed by atoms with Gasteiger partial charge in [0, 0.05) is 13.1 Å². The Morgan fingerprint density at radius 3 is 2.11 bits per heavy atom. The summed E-state index contributed by atoms with van der Waals surface area (Å²) in [6.07, 6.45) is 1.01. The zero-order valence-corrected chi connectivity index (χ0v) is 12.3. The third kappa shape index (κ3) is 8.38. The van der Waals surface area contributed by atoms with Crippen molar-refractivity contribution in [3.05, 3.63) is 0 Å². The van der Waals surface area contributed by atoms with Crippen LogP contribution in [0, 0.1) is 5.41 Å². The number of carbonyl (C=O) groups excluding carboxylic acids is 1. The lowest BCUT2D eigenvalue weighted by Gasteiger charge is -2.27. The Balaban J connectivity index is 4.20. The van der Waals surface area contributed by atoms with Crippen molar-refractivity contribution >= 4 is 22.0 Å². The van der Waals surface area contributed by atoms with E-state index in [1.807, 2.05) is 0 Å². The summed E-state index contributed by atoms with van der Waals surface area (Å²) in [7, 11) is -3.30. The molecule has 0 rings (SSSR count). The molecule has 0 aromatic heterocycles. The molecule has 0 radical (unpaired) electrons. The molecule has 0 aliphatic heterocycles. The van der Waals surface area contributed by atoms with Crippen LogP contribution in [0.3, 0.4) is 0 Å². The van der Waals surface area contributed by atoms with Crippen LogP contribution in [0.5, 0.6) is 0 Å². The van der Waals surface area contributed by atoms with Gasteiger partial charge in [0.05, 0.1) is 6.26 Å². The normalized spacial score (nSPS) is 13.7. The number of aliphatic carboxylic acids is 1. The van der Waals surface area contributed by atoms with Crippen LogP contribution in [0.2, 0.25) is 0 Å². The topological polar surface area (TPSA) is 125 Å². The van der Waals surface area contributed by atoms with Gasteiger partial charge in [-0.05, 0) is 5.41 Å². The van der Waals surface area contributed by atoms with Crippen molar-refractivity contribution < 1.29 is 23.1 Å². The fraction of sp³-hybridized carbons (Fsp3) is 0.800. The largest absolute Gasteiger partial charge is 0.480 e. The molecule has 0 aliphatic rings. The minimum Gasteiger partial charge on any atom is -0.480 e. The number of carboxylic acid groups (broad SMARTS) is 1. The molecule has 0 saturated carbocycles. The van der Waals surface area contributed by atoms with Crippen molar-refractivity contribution in [1.29, 1.82) is 0 Å². The first-order valence-corrected chi connectivity index (χ1v) is 7.54. The van der Waals surface area contributed by atoms with E-state index in [2.05, 4.69) is 15.4 Å². The lowest BCUT2D eigenvalue weighted by atomic mass is 9.87. The second-order valence-electron chi connectivity index (χ2n) is 5.20. The number of hydrogen-bond donors (Lipinski definition) is 4. The molecule has 0 bridgehead atoms. The van der Waals surface area contributed by atoms with Gasteiger partial charge < -0.3 is 15.7 Å². The Labute approximate surface area is 113 Å². The predicted molar refractivity (Wildman–Crippen MR) is 70.3 cm³/mol. The molecule has 0 heterocycles. The van der Waals surface area contributed by atoms with Gasteiger partial charge in [0.15, 0.2) is 0 Å². The van der Waals surface area contributed by atoms with Gasteiger partial charge in [-0.15, -0.1) is 0 Å². The number of carbonyl (C=O) groups is 2. The maximum Gasteiger partial charge on any atom is 0.326 e. The monoisotopic (exact) mass is 295 g/mol. The zero-order chi connectivity index (χ0) is 15.3. The molecular weight excluding hydrogens is 274 g/mol. The molecule has 9 heteroatoms. The predicted octanol–water partition coefficient (Wildman–Crippen LogP) is -0.666. The van der Waals surface area contributed by atoms with Crippen LogP contribution in [0.1, 0.15) is 20.8 Å². The summed E-state index contributed by atoms with van der Waals surface area (Å²) in [6, 6.07) is -1.69. The standard InChI is InChI=1S/C10H21N3O5S/c1-10(2,3)7(8(14)15)13-9(16)11-5-6-12-19(4,17)18/h7,12H,5-6H2,1-4H3,(H,14,15)(H2,11,13,16)/t7-/m0/s1. The quantitative estimate of drug-likeness (QED) is 0.484. The highest BCUT2D eigenvalue weighted by Crippen LogP contribution is 2.19. The van der Waals surface area contributed by atoms with Crippen molar-refractivity contribution in [2.75, 3.05) is 19.3 Å². The summed E-state index contributed by atoms with van der Waals surface area (Å²) in [5.41, 5.74) is -0.631. The number of urea groups is 1. The third-order valence-electron chi connectivity index (χ3n) is 2.16. The molecule has 0 saturated heterocycles. The Kier molecular flexibility index (Phi) is 6.23. The highest BCUT2D eigenvalue weighted by molar-refractivity contribution is 7.88. The second-order valence-corrected chi connectivity index (χ2v) is 7.04. The van der Waals surface area contributed by atoms with E-state index in [-0.39, 0.29) is 13.1 Å². The fourth-order valence-electron chi connectivity index (χ4n) is 1.24. The van der Waals surface area contributed by atoms with Crippen molar-refractivity contribution in [2.24, 2.45) is 5.41 Å². The average molecular weight is 295 g/mol. The molecule has 112 valence electrons. The molecular formula is C10H21N3O5S. The minimum absolute atomic E-state index is 0.0412. The van der Waals surface area contributed by atoms with Crippen LogP contribution in [0.25, 0.3) is 0 Å². The highest BCUT2D eigenvalue weighted by atomic mass is 32.2. The van der Waals surface area contributed by atoms with Crippen molar-refractivity contribution in [3.8, 4) is 0 Å². The summed E-state index contributed by atoms with van der Waals surface area (Å²) >= 11 is 0. The van der Waals surface area contributed by atoms with E-state index in [0.717, 1.165) is 6.26 Å². The highest BCUT2D eigenvalue weighted by Gasteiger charge is 2.32. The Morgan fingerprint density at radius 2 is 1.74 bits per heavy atom. The maximum atomic E-state index is 11.5. The number of sulfonamides is 1. The van der Waals surface area contributed by atoms with Crippen LogP contribution in [0.4, 0.5) is 4.79 Å². The van der Waals surface area contributed by atoms with Crippen LogP contribution in [-0.4, -0.2) is 50.9 Å². The number of carboxylic acids is 1. The Morgan fingerprint density at radius 1 is 1.21 bits per heavy atom. The third-order valence-corrected chi connectivity index (χ3v) is 2.89. The first-order valence-electron chi connectivity index (χ1n) is 5.65. The Hall–Kier alpha value is -1.35. The zero-order valence-electron chi connectivity index (χ0n) is 11.5. The van der Waals surface area contributed by atoms with Crippen LogP contribution in [0.15, 0.2) is 0 Å². The fourth-order valence-corrected chi connectivity index (χ4v) is 1.72. The van der Waals surface area contributed by atoms with Gasteiger partial charge in [-0.3, -0.25) is 0 Å². The molecule has 2 amide bonds. The van der Waals surface area contributed by atoms with E-state index in [0.29, 0.717) is 0 Å². The molecule has 0 aromatic carbocycles. The van der Waals surface area contributed by atoms with Gasteiger partial charge in [-0.1, -0.05) is 20.8 Å². The minimum atomic E-state index is -3.30. The van der Waals surface area contributed by atoms with Crippen LogP contribution >= 0.6 is 0 Å². The van der Waals surface area contributed by atoms with E-state index >= 15 is 0 Å². The summed E-state index contributed by atoms with van der Waals surface area (Å²) in [5, 5.41) is 13.7. The van der Waals surface area contributed by atoms with Crippen molar-refractivity contribution in [2.45, 2.75) is 26.8 Å². The molecule has 0 spiro atoms. The van der Waals surface area contributed by atoms with E-state index in [1.54, 1.807) is 20.8 Å². The van der Waals surface area contributed by atoms with E-state index in [9.17, 15) is 18.0 Å². The summed E-state index contributed by atoms with van der Waals surface area (Å²) in [6.45, 7) is 5.18. The van der Waals surface area contributed by atoms with Gasteiger partial charge in [0.1, 0.15) is 6.04 Å². The first-order chi connectivity index (χ1) is 8.43. The van der Waals surface area contributed by atoms with E-state index in [4.69, 9.17) is 5.11 Å². The molecule has 0 fully saturated rings. The number of rotatable bonds is 6. The van der Waals surface area contributed by atoms with Gasteiger partial charge in [-0.2, -0.15) is 0 Å². The van der Waals surface area contributed by atoms with E-state index < -0.39 is 33.5 Å². The molecule has 0 unspecified atom stereocenters. The van der Waals surface area contributed by atoms with Crippen molar-refractivity contribution in [3.63, 3.8) is 0 Å². The van der Waals surface area contributed by atoms with Crippen LogP contribution < -0.4 is 15.4 Å². The van der Waals surface area contributed by atoms with Gasteiger partial charge in [-0.25, -0.2) is 22.7 Å². The summed E-state index contributed by atoms with van der Waals surface area (Å²) < 4.78 is 23.7. The van der Waals surface area contributed by atoms with Gasteiger partial charge >= 0.3 is 12.0 Å². The first kappa shape index (κ1) is 17.6. The van der Waals surface area contributed by atoms with Gasteiger partial charge in [0.25, 0.3) is 0 Å². The Bertz CT molecular complexity index is 427. The molecule has 19 heavy (non-hydrogen) atoms. The number of amides is 2. The molecule has 0 aromatic rings. The average Bonchev–Trinajstić information content (AvgIpc) is 2.17. The molecule has 0 aliphatic carbocycles. The maximum absolute atomic E-state index is 11.5.